The van der Waals surface area contributed by atoms with Gasteiger partial charge in [-0.05, 0) is 44.7 Å². The van der Waals surface area contributed by atoms with Crippen LogP contribution < -0.4 is 5.32 Å². The van der Waals surface area contributed by atoms with Crippen LogP contribution in [0.3, 0.4) is 0 Å². The molecule has 2 unspecified atom stereocenters. The van der Waals surface area contributed by atoms with Gasteiger partial charge in [0.05, 0.1) is 5.56 Å². The summed E-state index contributed by atoms with van der Waals surface area (Å²) in [7, 11) is 0. The van der Waals surface area contributed by atoms with Crippen LogP contribution in [0, 0.1) is 5.82 Å². The van der Waals surface area contributed by atoms with E-state index in [2.05, 4.69) is 5.32 Å². The molecule has 2 bridgehead atoms. The van der Waals surface area contributed by atoms with Gasteiger partial charge in [-0.1, -0.05) is 0 Å². The molecule has 4 nitrogen and oxygen atoms in total. The summed E-state index contributed by atoms with van der Waals surface area (Å²) in [6.07, 6.45) is 4.26. The van der Waals surface area contributed by atoms with Gasteiger partial charge < -0.3 is 15.3 Å². The van der Waals surface area contributed by atoms with E-state index in [1.807, 2.05) is 11.8 Å². The average Bonchev–Trinajstić information content (AvgIpc) is 2.78. The van der Waals surface area contributed by atoms with Crippen molar-refractivity contribution in [1.82, 2.24) is 10.2 Å². The Kier molecular flexibility index (Phi) is 3.85. The fourth-order valence-electron chi connectivity index (χ4n) is 3.69. The predicted octanol–water partition coefficient (Wildman–Crippen LogP) is 2.28. The molecule has 2 N–H and O–H groups in total. The number of phenols is 1. The van der Waals surface area contributed by atoms with Crippen molar-refractivity contribution in [3.63, 3.8) is 0 Å². The van der Waals surface area contributed by atoms with Crippen LogP contribution in [0.15, 0.2) is 18.2 Å². The van der Waals surface area contributed by atoms with Crippen molar-refractivity contribution in [3.05, 3.63) is 29.6 Å². The van der Waals surface area contributed by atoms with Gasteiger partial charge in [0, 0.05) is 30.7 Å². The van der Waals surface area contributed by atoms with Crippen LogP contribution in [0.4, 0.5) is 4.39 Å². The summed E-state index contributed by atoms with van der Waals surface area (Å²) in [5.41, 5.74) is 0.184. The number of halogens is 1. The second-order valence-electron chi connectivity index (χ2n) is 6.02. The first kappa shape index (κ1) is 14.3. The topological polar surface area (TPSA) is 52.6 Å². The molecule has 0 radical (unpaired) electrons. The van der Waals surface area contributed by atoms with Crippen molar-refractivity contribution in [2.45, 2.75) is 50.7 Å². The largest absolute Gasteiger partial charge is 0.507 e. The highest BCUT2D eigenvalue weighted by atomic mass is 19.1. The van der Waals surface area contributed by atoms with Crippen LogP contribution in [0.2, 0.25) is 0 Å². The Morgan fingerprint density at radius 1 is 1.38 bits per heavy atom. The number of piperidine rings is 1. The van der Waals surface area contributed by atoms with Crippen LogP contribution in [0.25, 0.3) is 0 Å². The number of nitrogens with zero attached hydrogens (tertiary/aromatic N) is 1. The average molecular weight is 292 g/mol. The first-order chi connectivity index (χ1) is 10.1. The number of aromatic hydroxyl groups is 1. The fourth-order valence-corrected chi connectivity index (χ4v) is 3.69. The molecular weight excluding hydrogens is 271 g/mol. The van der Waals surface area contributed by atoms with Gasteiger partial charge in [-0.25, -0.2) is 4.39 Å². The Morgan fingerprint density at radius 3 is 2.62 bits per heavy atom. The molecule has 2 heterocycles. The number of hydrogen-bond acceptors (Lipinski definition) is 3. The Morgan fingerprint density at radius 2 is 2.05 bits per heavy atom. The number of hydrogen-bond donors (Lipinski definition) is 2. The molecule has 2 atom stereocenters. The molecule has 1 aromatic rings. The number of carbonyl (C=O) groups excluding carboxylic acids is 1. The summed E-state index contributed by atoms with van der Waals surface area (Å²) in [4.78, 5) is 14.5. The molecule has 114 valence electrons. The molecular formula is C16H21FN2O2. The van der Waals surface area contributed by atoms with Gasteiger partial charge in [0.1, 0.15) is 11.6 Å². The van der Waals surface area contributed by atoms with Crippen molar-refractivity contribution in [2.24, 2.45) is 0 Å². The Hall–Kier alpha value is -1.62. The fraction of sp³-hybridized carbons (Fsp3) is 0.562. The Balaban J connectivity index is 1.80. The van der Waals surface area contributed by atoms with E-state index in [4.69, 9.17) is 0 Å². The summed E-state index contributed by atoms with van der Waals surface area (Å²) in [5.74, 6) is -1.02. The number of phenolic OH excluding ortho intramolecular Hbond substituents is 1. The van der Waals surface area contributed by atoms with E-state index in [1.54, 1.807) is 0 Å². The molecule has 0 spiro atoms. The number of benzene rings is 1. The van der Waals surface area contributed by atoms with Gasteiger partial charge in [-0.2, -0.15) is 0 Å². The quantitative estimate of drug-likeness (QED) is 0.898. The summed E-state index contributed by atoms with van der Waals surface area (Å²) in [6.45, 7) is 2.54. The second-order valence-corrected chi connectivity index (χ2v) is 6.02. The molecule has 3 rings (SSSR count). The van der Waals surface area contributed by atoms with E-state index in [0.29, 0.717) is 18.6 Å². The normalized spacial score (nSPS) is 27.6. The van der Waals surface area contributed by atoms with Gasteiger partial charge >= 0.3 is 0 Å². The number of carbonyl (C=O) groups is 1. The van der Waals surface area contributed by atoms with E-state index in [1.165, 1.54) is 25.0 Å². The third-order valence-electron chi connectivity index (χ3n) is 4.68. The number of amides is 1. The van der Waals surface area contributed by atoms with Gasteiger partial charge in [0.15, 0.2) is 0 Å². The van der Waals surface area contributed by atoms with Crippen molar-refractivity contribution in [1.29, 1.82) is 0 Å². The molecule has 0 saturated carbocycles. The van der Waals surface area contributed by atoms with Gasteiger partial charge in [0.2, 0.25) is 0 Å². The molecule has 0 aliphatic carbocycles. The van der Waals surface area contributed by atoms with E-state index < -0.39 is 5.82 Å². The third kappa shape index (κ3) is 2.75. The molecule has 5 heteroatoms. The van der Waals surface area contributed by atoms with Crippen LogP contribution in [-0.4, -0.2) is 40.6 Å². The number of rotatable bonds is 3. The zero-order valence-electron chi connectivity index (χ0n) is 12.2. The highest BCUT2D eigenvalue weighted by molar-refractivity contribution is 5.97. The molecule has 2 aliphatic heterocycles. The SMILES string of the molecule is CCN(C(=O)c1ccc(F)cc1O)C1CC2CCC(C1)N2. The Labute approximate surface area is 124 Å². The molecule has 2 aliphatic rings. The van der Waals surface area contributed by atoms with Gasteiger partial charge in [-0.15, -0.1) is 0 Å². The van der Waals surface area contributed by atoms with Gasteiger partial charge in [0.25, 0.3) is 5.91 Å². The molecule has 1 aromatic carbocycles. The van der Waals surface area contributed by atoms with Crippen LogP contribution in [0.5, 0.6) is 5.75 Å². The first-order valence-corrected chi connectivity index (χ1v) is 7.64. The van der Waals surface area contributed by atoms with Crippen LogP contribution in [0.1, 0.15) is 43.0 Å². The van der Waals surface area contributed by atoms with Crippen molar-refractivity contribution >= 4 is 5.91 Å². The van der Waals surface area contributed by atoms with Crippen molar-refractivity contribution in [2.75, 3.05) is 6.54 Å². The monoisotopic (exact) mass is 292 g/mol. The maximum atomic E-state index is 13.1. The summed E-state index contributed by atoms with van der Waals surface area (Å²) in [5, 5.41) is 13.4. The zero-order valence-corrected chi connectivity index (χ0v) is 12.2. The molecule has 1 amide bonds. The highest BCUT2D eigenvalue weighted by Gasteiger charge is 2.37. The maximum Gasteiger partial charge on any atom is 0.257 e. The van der Waals surface area contributed by atoms with E-state index >= 15 is 0 Å². The second kappa shape index (κ2) is 5.64. The minimum absolute atomic E-state index is 0.184. The minimum Gasteiger partial charge on any atom is -0.507 e. The lowest BCUT2D eigenvalue weighted by Crippen LogP contribution is -2.50. The molecule has 2 fully saturated rings. The van der Waals surface area contributed by atoms with Crippen LogP contribution >= 0.6 is 0 Å². The summed E-state index contributed by atoms with van der Waals surface area (Å²) in [6, 6.07) is 4.77. The molecule has 21 heavy (non-hydrogen) atoms. The standard InChI is InChI=1S/C16H21FN2O2/c1-2-19(13-8-11-4-5-12(9-13)18-11)16(21)14-6-3-10(17)7-15(14)20/h3,6-7,11-13,18,20H,2,4-5,8-9H2,1H3. The van der Waals surface area contributed by atoms with Crippen LogP contribution in [-0.2, 0) is 0 Å². The lowest BCUT2D eigenvalue weighted by molar-refractivity contribution is 0.0628. The first-order valence-electron chi connectivity index (χ1n) is 7.64. The third-order valence-corrected chi connectivity index (χ3v) is 4.68. The van der Waals surface area contributed by atoms with E-state index in [-0.39, 0.29) is 23.3 Å². The molecule has 0 aromatic heterocycles. The summed E-state index contributed by atoms with van der Waals surface area (Å²) < 4.78 is 13.1. The number of nitrogens with one attached hydrogen (secondary N) is 1. The maximum absolute atomic E-state index is 13.1. The van der Waals surface area contributed by atoms with E-state index in [9.17, 15) is 14.3 Å². The van der Waals surface area contributed by atoms with Gasteiger partial charge in [-0.3, -0.25) is 4.79 Å². The van der Waals surface area contributed by atoms with Crippen molar-refractivity contribution < 1.29 is 14.3 Å². The summed E-state index contributed by atoms with van der Waals surface area (Å²) >= 11 is 0. The predicted molar refractivity (Wildman–Crippen MR) is 77.7 cm³/mol. The lowest BCUT2D eigenvalue weighted by atomic mass is 9.97. The number of fused-ring (bicyclic) bond motifs is 2. The Bertz CT molecular complexity index is 537. The van der Waals surface area contributed by atoms with E-state index in [0.717, 1.165) is 18.9 Å². The zero-order chi connectivity index (χ0) is 15.0. The smallest absolute Gasteiger partial charge is 0.257 e. The minimum atomic E-state index is -0.535. The van der Waals surface area contributed by atoms with Crippen molar-refractivity contribution in [3.8, 4) is 5.75 Å². The molecule has 2 saturated heterocycles. The lowest BCUT2D eigenvalue weighted by Gasteiger charge is -2.37. The highest BCUT2D eigenvalue weighted by Crippen LogP contribution is 2.31.